The number of hydrogen-bond acceptors (Lipinski definition) is 5. The summed E-state index contributed by atoms with van der Waals surface area (Å²) in [5.74, 6) is 0.826. The second-order valence-corrected chi connectivity index (χ2v) is 9.14. The van der Waals surface area contributed by atoms with Gasteiger partial charge in [0.05, 0.1) is 42.7 Å². The van der Waals surface area contributed by atoms with Crippen LogP contribution in [0, 0.1) is 6.92 Å². The van der Waals surface area contributed by atoms with Gasteiger partial charge in [-0.25, -0.2) is 4.98 Å². The fourth-order valence-corrected chi connectivity index (χ4v) is 5.08. The molecule has 3 heterocycles. The van der Waals surface area contributed by atoms with Gasteiger partial charge in [0.1, 0.15) is 23.4 Å². The van der Waals surface area contributed by atoms with Gasteiger partial charge in [-0.1, -0.05) is 36.4 Å². The SMILES string of the molecule is COc1cc(-n2cnc3cc(-c4c[nH]nc4C)ccc32)cc(OC)c1C(=O)N1CCC1c1ccccc1. The number of rotatable bonds is 6. The number of carbonyl (C=O) groups is 1. The Morgan fingerprint density at radius 2 is 1.78 bits per heavy atom. The van der Waals surface area contributed by atoms with Crippen molar-refractivity contribution in [3.63, 3.8) is 0 Å². The molecule has 0 aliphatic carbocycles. The molecule has 1 amide bonds. The number of ether oxygens (including phenoxy) is 2. The van der Waals surface area contributed by atoms with Gasteiger partial charge < -0.3 is 14.4 Å². The highest BCUT2D eigenvalue weighted by atomic mass is 16.5. The number of H-pyrrole nitrogens is 1. The topological polar surface area (TPSA) is 85.3 Å². The lowest BCUT2D eigenvalue weighted by atomic mass is 9.93. The molecule has 8 heteroatoms. The summed E-state index contributed by atoms with van der Waals surface area (Å²) in [5.41, 5.74) is 7.16. The van der Waals surface area contributed by atoms with Gasteiger partial charge in [0.2, 0.25) is 0 Å². The van der Waals surface area contributed by atoms with E-state index in [4.69, 9.17) is 9.47 Å². The third-order valence-electron chi connectivity index (χ3n) is 7.14. The van der Waals surface area contributed by atoms with E-state index in [0.717, 1.165) is 45.5 Å². The molecule has 1 N–H and O–H groups in total. The molecule has 1 unspecified atom stereocenters. The number of aryl methyl sites for hydroxylation is 1. The van der Waals surface area contributed by atoms with Gasteiger partial charge in [-0.3, -0.25) is 14.5 Å². The smallest absolute Gasteiger partial charge is 0.261 e. The molecule has 3 aromatic carbocycles. The van der Waals surface area contributed by atoms with Crippen molar-refractivity contribution in [3.05, 3.63) is 90.0 Å². The maximum atomic E-state index is 13.7. The van der Waals surface area contributed by atoms with Crippen molar-refractivity contribution < 1.29 is 14.3 Å². The second kappa shape index (κ2) is 9.13. The van der Waals surface area contributed by atoms with E-state index in [9.17, 15) is 4.79 Å². The maximum absolute atomic E-state index is 13.7. The molecule has 0 spiro atoms. The number of amides is 1. The Hall–Kier alpha value is -4.59. The first kappa shape index (κ1) is 22.8. The predicted octanol–water partition coefficient (Wildman–Crippen LogP) is 5.33. The molecule has 2 aromatic heterocycles. The summed E-state index contributed by atoms with van der Waals surface area (Å²) in [6, 6.07) is 20.0. The number of imidazole rings is 1. The van der Waals surface area contributed by atoms with Crippen molar-refractivity contribution in [2.45, 2.75) is 19.4 Å². The van der Waals surface area contributed by atoms with E-state index < -0.39 is 0 Å². The second-order valence-electron chi connectivity index (χ2n) is 9.14. The van der Waals surface area contributed by atoms with Crippen molar-refractivity contribution in [2.24, 2.45) is 0 Å². The van der Waals surface area contributed by atoms with E-state index in [2.05, 4.69) is 33.4 Å². The number of nitrogens with one attached hydrogen (secondary N) is 1. The maximum Gasteiger partial charge on any atom is 0.261 e. The molecule has 1 fully saturated rings. The Bertz CT molecular complexity index is 1580. The molecule has 1 aliphatic heterocycles. The Balaban J connectivity index is 1.38. The van der Waals surface area contributed by atoms with E-state index in [0.29, 0.717) is 23.6 Å². The lowest BCUT2D eigenvalue weighted by Gasteiger charge is -2.41. The molecular formula is C29H27N5O3. The average Bonchev–Trinajstić information content (AvgIpc) is 3.53. The fourth-order valence-electron chi connectivity index (χ4n) is 5.08. The fraction of sp³-hybridized carbons (Fsp3) is 0.207. The number of likely N-dealkylation sites (tertiary alicyclic amines) is 1. The molecule has 186 valence electrons. The van der Waals surface area contributed by atoms with Crippen molar-refractivity contribution >= 4 is 16.9 Å². The van der Waals surface area contributed by atoms with Gasteiger partial charge in [-0.2, -0.15) is 5.10 Å². The zero-order chi connectivity index (χ0) is 25.5. The zero-order valence-electron chi connectivity index (χ0n) is 20.9. The standard InChI is InChI=1S/C29H27N5O3/c1-18-22(16-31-32-18)20-9-10-25-23(13-20)30-17-34(25)21-14-26(36-2)28(27(15-21)37-3)29(35)33-12-11-24(33)19-7-5-4-6-8-19/h4-10,13-17,24H,11-12H2,1-3H3,(H,31,32). The van der Waals surface area contributed by atoms with Crippen LogP contribution in [0.4, 0.5) is 0 Å². The van der Waals surface area contributed by atoms with E-state index >= 15 is 0 Å². The number of nitrogens with zero attached hydrogens (tertiary/aromatic N) is 4. The highest BCUT2D eigenvalue weighted by molar-refractivity contribution is 6.01. The van der Waals surface area contributed by atoms with E-state index in [1.807, 2.05) is 65.1 Å². The third-order valence-corrected chi connectivity index (χ3v) is 7.14. The number of aromatic amines is 1. The lowest BCUT2D eigenvalue weighted by Crippen LogP contribution is -2.45. The first-order valence-corrected chi connectivity index (χ1v) is 12.2. The molecule has 1 aliphatic rings. The molecule has 0 bridgehead atoms. The molecule has 0 saturated carbocycles. The third kappa shape index (κ3) is 3.81. The number of fused-ring (bicyclic) bond motifs is 1. The van der Waals surface area contributed by atoms with Gasteiger partial charge >= 0.3 is 0 Å². The van der Waals surface area contributed by atoms with Crippen LogP contribution in [0.1, 0.15) is 34.1 Å². The number of carbonyl (C=O) groups excluding carboxylic acids is 1. The van der Waals surface area contributed by atoms with Crippen molar-refractivity contribution in [1.29, 1.82) is 0 Å². The number of hydrogen-bond donors (Lipinski definition) is 1. The quantitative estimate of drug-likeness (QED) is 0.346. The van der Waals surface area contributed by atoms with Crippen LogP contribution in [0.3, 0.4) is 0 Å². The Morgan fingerprint density at radius 1 is 1.03 bits per heavy atom. The summed E-state index contributed by atoms with van der Waals surface area (Å²) in [4.78, 5) is 20.2. The average molecular weight is 494 g/mol. The molecule has 37 heavy (non-hydrogen) atoms. The van der Waals surface area contributed by atoms with E-state index in [-0.39, 0.29) is 11.9 Å². The highest BCUT2D eigenvalue weighted by Crippen LogP contribution is 2.40. The molecule has 8 nitrogen and oxygen atoms in total. The molecule has 1 atom stereocenters. The largest absolute Gasteiger partial charge is 0.496 e. The van der Waals surface area contributed by atoms with Gasteiger partial charge in [0.15, 0.2) is 0 Å². The van der Waals surface area contributed by atoms with Crippen molar-refractivity contribution in [3.8, 4) is 28.3 Å². The van der Waals surface area contributed by atoms with Crippen LogP contribution in [0.15, 0.2) is 73.2 Å². The first-order valence-electron chi connectivity index (χ1n) is 12.2. The van der Waals surface area contributed by atoms with Gasteiger partial charge in [0.25, 0.3) is 5.91 Å². The van der Waals surface area contributed by atoms with Crippen LogP contribution >= 0.6 is 0 Å². The normalized spacial score (nSPS) is 15.0. The van der Waals surface area contributed by atoms with Gasteiger partial charge in [0, 0.05) is 30.4 Å². The minimum absolute atomic E-state index is 0.0495. The van der Waals surface area contributed by atoms with Crippen LogP contribution < -0.4 is 9.47 Å². The summed E-state index contributed by atoms with van der Waals surface area (Å²) in [6.07, 6.45) is 4.59. The minimum atomic E-state index is -0.101. The van der Waals surface area contributed by atoms with Crippen LogP contribution in [-0.2, 0) is 0 Å². The molecule has 0 radical (unpaired) electrons. The van der Waals surface area contributed by atoms with Crippen molar-refractivity contribution in [2.75, 3.05) is 20.8 Å². The minimum Gasteiger partial charge on any atom is -0.496 e. The first-order chi connectivity index (χ1) is 18.1. The van der Waals surface area contributed by atoms with Crippen LogP contribution in [0.25, 0.3) is 27.8 Å². The highest BCUT2D eigenvalue weighted by Gasteiger charge is 2.36. The number of benzene rings is 3. The molecule has 6 rings (SSSR count). The van der Waals surface area contributed by atoms with Crippen LogP contribution in [-0.4, -0.2) is 51.3 Å². The monoisotopic (exact) mass is 493 g/mol. The lowest BCUT2D eigenvalue weighted by molar-refractivity contribution is 0.0453. The zero-order valence-corrected chi connectivity index (χ0v) is 20.9. The van der Waals surface area contributed by atoms with E-state index in [1.165, 1.54) is 0 Å². The molecule has 5 aromatic rings. The Kier molecular flexibility index (Phi) is 5.64. The van der Waals surface area contributed by atoms with Gasteiger partial charge in [-0.05, 0) is 36.6 Å². The Morgan fingerprint density at radius 3 is 2.41 bits per heavy atom. The van der Waals surface area contributed by atoms with Crippen LogP contribution in [0.2, 0.25) is 0 Å². The number of aromatic nitrogens is 4. The Labute approximate surface area is 214 Å². The predicted molar refractivity (Wildman–Crippen MR) is 141 cm³/mol. The number of methoxy groups -OCH3 is 2. The summed E-state index contributed by atoms with van der Waals surface area (Å²) >= 11 is 0. The summed E-state index contributed by atoms with van der Waals surface area (Å²) < 4.78 is 13.4. The molecule has 1 saturated heterocycles. The van der Waals surface area contributed by atoms with Gasteiger partial charge in [-0.15, -0.1) is 0 Å². The van der Waals surface area contributed by atoms with Crippen molar-refractivity contribution in [1.82, 2.24) is 24.6 Å². The summed E-state index contributed by atoms with van der Waals surface area (Å²) in [6.45, 7) is 2.66. The molecular weight excluding hydrogens is 466 g/mol. The van der Waals surface area contributed by atoms with E-state index in [1.54, 1.807) is 20.5 Å². The van der Waals surface area contributed by atoms with Crippen LogP contribution in [0.5, 0.6) is 11.5 Å². The summed E-state index contributed by atoms with van der Waals surface area (Å²) in [7, 11) is 3.15. The summed E-state index contributed by atoms with van der Waals surface area (Å²) in [5, 5.41) is 7.13.